The molecule has 0 unspecified atom stereocenters. The molecular weight excluding hydrogens is 360 g/mol. The van der Waals surface area contributed by atoms with Gasteiger partial charge < -0.3 is 0 Å². The van der Waals surface area contributed by atoms with Gasteiger partial charge in [-0.25, -0.2) is 4.68 Å². The summed E-state index contributed by atoms with van der Waals surface area (Å²) in [5.74, 6) is 0.767. The largest absolute Gasteiger partial charge is 0.233 e. The van der Waals surface area contributed by atoms with E-state index in [-0.39, 0.29) is 0 Å². The highest BCUT2D eigenvalue weighted by Gasteiger charge is 2.42. The Morgan fingerprint density at radius 2 is 2.07 bits per heavy atom. The van der Waals surface area contributed by atoms with Crippen molar-refractivity contribution in [3.63, 3.8) is 0 Å². The fourth-order valence-corrected chi connectivity index (χ4v) is 5.98. The van der Waals surface area contributed by atoms with E-state index in [0.717, 1.165) is 18.0 Å². The van der Waals surface area contributed by atoms with Crippen molar-refractivity contribution in [2.75, 3.05) is 0 Å². The quantitative estimate of drug-likeness (QED) is 0.491. The van der Waals surface area contributed by atoms with E-state index in [2.05, 4.69) is 71.9 Å². The van der Waals surface area contributed by atoms with Gasteiger partial charge in [-0.15, -0.1) is 0 Å². The molecule has 0 radical (unpaired) electrons. The number of rotatable bonds is 4. The van der Waals surface area contributed by atoms with E-state index in [9.17, 15) is 0 Å². The monoisotopic (exact) mass is 388 g/mol. The first-order valence-corrected chi connectivity index (χ1v) is 11.4. The zero-order chi connectivity index (χ0) is 19.1. The molecule has 5 rings (SSSR count). The van der Waals surface area contributed by atoms with Crippen LogP contribution in [0.25, 0.3) is 11.8 Å². The van der Waals surface area contributed by atoms with E-state index in [4.69, 9.17) is 5.10 Å². The Balaban J connectivity index is 1.45. The Kier molecular flexibility index (Phi) is 4.51. The smallest absolute Gasteiger partial charge is 0.0700 e. The Hall–Kier alpha value is -2.13. The van der Waals surface area contributed by atoms with Crippen molar-refractivity contribution in [3.8, 4) is 5.69 Å². The van der Waals surface area contributed by atoms with Gasteiger partial charge in [0.25, 0.3) is 0 Å². The van der Waals surface area contributed by atoms with Crippen LogP contribution in [0.2, 0.25) is 0 Å². The van der Waals surface area contributed by atoms with Crippen molar-refractivity contribution >= 4 is 17.4 Å². The van der Waals surface area contributed by atoms with Gasteiger partial charge in [-0.3, -0.25) is 0 Å². The summed E-state index contributed by atoms with van der Waals surface area (Å²) in [6.45, 7) is 4.65. The van der Waals surface area contributed by atoms with Gasteiger partial charge >= 0.3 is 0 Å². The molecule has 2 nitrogen and oxygen atoms in total. The third-order valence-electron chi connectivity index (χ3n) is 7.03. The maximum Gasteiger partial charge on any atom is 0.0700 e. The second kappa shape index (κ2) is 7.04. The van der Waals surface area contributed by atoms with Crippen LogP contribution < -0.4 is 0 Å². The van der Waals surface area contributed by atoms with Crippen LogP contribution >= 0.6 is 11.3 Å². The molecule has 2 aliphatic rings. The van der Waals surface area contributed by atoms with Crippen LogP contribution in [0.5, 0.6) is 0 Å². The number of thiophene rings is 1. The molecule has 28 heavy (non-hydrogen) atoms. The molecule has 0 amide bonds. The van der Waals surface area contributed by atoms with E-state index in [0.29, 0.717) is 5.41 Å². The summed E-state index contributed by atoms with van der Waals surface area (Å²) < 4.78 is 2.14. The zero-order valence-corrected chi connectivity index (χ0v) is 17.6. The Morgan fingerprint density at radius 3 is 2.86 bits per heavy atom. The molecule has 2 aliphatic carbocycles. The lowest BCUT2D eigenvalue weighted by molar-refractivity contribution is 0.170. The first-order valence-electron chi connectivity index (χ1n) is 10.5. The van der Waals surface area contributed by atoms with E-state index in [1.807, 2.05) is 11.3 Å². The lowest BCUT2D eigenvalue weighted by Gasteiger charge is -2.46. The molecule has 1 fully saturated rings. The van der Waals surface area contributed by atoms with E-state index in [1.165, 1.54) is 54.5 Å². The molecule has 2 aromatic heterocycles. The van der Waals surface area contributed by atoms with Crippen molar-refractivity contribution in [2.45, 2.75) is 52.4 Å². The molecule has 2 heterocycles. The summed E-state index contributed by atoms with van der Waals surface area (Å²) in [5, 5.41) is 9.29. The Bertz CT molecular complexity index is 994. The second-order valence-electron chi connectivity index (χ2n) is 8.83. The predicted molar refractivity (Wildman–Crippen MR) is 118 cm³/mol. The fourth-order valence-electron chi connectivity index (χ4n) is 5.27. The third kappa shape index (κ3) is 3.06. The summed E-state index contributed by atoms with van der Waals surface area (Å²) in [5.41, 5.74) is 8.61. The number of fused-ring (bicyclic) bond motifs is 2. The normalized spacial score (nSPS) is 23.8. The maximum atomic E-state index is 4.77. The van der Waals surface area contributed by atoms with Gasteiger partial charge in [0.15, 0.2) is 0 Å². The molecular formula is C25H28N2S. The minimum absolute atomic E-state index is 0.294. The van der Waals surface area contributed by atoms with Gasteiger partial charge in [0.2, 0.25) is 0 Å². The number of hydrogen-bond donors (Lipinski definition) is 0. The highest BCUT2D eigenvalue weighted by molar-refractivity contribution is 7.07. The third-order valence-corrected chi connectivity index (χ3v) is 7.76. The molecule has 0 bridgehead atoms. The van der Waals surface area contributed by atoms with Crippen LogP contribution in [-0.4, -0.2) is 9.78 Å². The summed E-state index contributed by atoms with van der Waals surface area (Å²) >= 11 is 1.82. The molecule has 1 aromatic carbocycles. The van der Waals surface area contributed by atoms with Gasteiger partial charge in [-0.2, -0.15) is 16.4 Å². The molecule has 144 valence electrons. The first kappa shape index (κ1) is 17.9. The first-order chi connectivity index (χ1) is 13.6. The number of hydrogen-bond acceptors (Lipinski definition) is 2. The molecule has 0 N–H and O–H groups in total. The summed E-state index contributed by atoms with van der Waals surface area (Å²) in [4.78, 5) is 0. The second-order valence-corrected chi connectivity index (χ2v) is 9.61. The van der Waals surface area contributed by atoms with Crippen molar-refractivity contribution < 1.29 is 0 Å². The van der Waals surface area contributed by atoms with Crippen molar-refractivity contribution in [3.05, 3.63) is 75.2 Å². The average molecular weight is 389 g/mol. The van der Waals surface area contributed by atoms with Crippen molar-refractivity contribution in [1.82, 2.24) is 9.78 Å². The number of allylic oxidation sites excluding steroid dienone is 1. The number of nitrogens with zero attached hydrogens (tertiary/aromatic N) is 2. The molecule has 3 aromatic rings. The molecule has 2 atom stereocenters. The van der Waals surface area contributed by atoms with Crippen LogP contribution in [0, 0.1) is 18.3 Å². The maximum absolute atomic E-state index is 4.77. The highest BCUT2D eigenvalue weighted by atomic mass is 32.1. The van der Waals surface area contributed by atoms with E-state index < -0.39 is 0 Å². The Labute approximate surface area is 171 Å². The van der Waals surface area contributed by atoms with Gasteiger partial charge in [0, 0.05) is 0 Å². The SMILES string of the molecule is Cc1ccc(-n2ncc3c2C=C2CCC[C@H](CCc4ccsc4)[C@@]2(C)C3)cc1. The van der Waals surface area contributed by atoms with E-state index in [1.54, 1.807) is 5.57 Å². The van der Waals surface area contributed by atoms with Crippen LogP contribution in [0.3, 0.4) is 0 Å². The lowest BCUT2D eigenvalue weighted by Crippen LogP contribution is -2.37. The predicted octanol–water partition coefficient (Wildman–Crippen LogP) is 6.62. The molecule has 3 heteroatoms. The number of benzene rings is 1. The molecule has 0 saturated heterocycles. The van der Waals surface area contributed by atoms with Crippen LogP contribution in [0.1, 0.15) is 55.0 Å². The molecule has 0 aliphatic heterocycles. The lowest BCUT2D eigenvalue weighted by atomic mass is 9.58. The summed E-state index contributed by atoms with van der Waals surface area (Å²) in [6, 6.07) is 11.0. The van der Waals surface area contributed by atoms with E-state index >= 15 is 0 Å². The van der Waals surface area contributed by atoms with Gasteiger partial charge in [-0.05, 0) is 103 Å². The summed E-state index contributed by atoms with van der Waals surface area (Å²) in [7, 11) is 0. The van der Waals surface area contributed by atoms with Crippen LogP contribution in [0.15, 0.2) is 52.9 Å². The fraction of sp³-hybridized carbons (Fsp3) is 0.400. The minimum atomic E-state index is 0.294. The standard InChI is InChI=1S/C25H28N2S/c1-18-6-10-23(11-7-18)27-24-14-22-5-3-4-21(9-8-19-12-13-28-17-19)25(22,2)15-20(24)16-26-27/h6-7,10-14,16-17,21H,3-5,8-9,15H2,1-2H3/t21-,25-/m1/s1. The van der Waals surface area contributed by atoms with Crippen LogP contribution in [0.4, 0.5) is 0 Å². The highest BCUT2D eigenvalue weighted by Crippen LogP contribution is 2.52. The number of aromatic nitrogens is 2. The zero-order valence-electron chi connectivity index (χ0n) is 16.8. The van der Waals surface area contributed by atoms with Gasteiger partial charge in [-0.1, -0.05) is 30.2 Å². The van der Waals surface area contributed by atoms with Crippen LogP contribution in [-0.2, 0) is 12.8 Å². The van der Waals surface area contributed by atoms with Crippen molar-refractivity contribution in [1.29, 1.82) is 0 Å². The Morgan fingerprint density at radius 1 is 1.21 bits per heavy atom. The van der Waals surface area contributed by atoms with Gasteiger partial charge in [0.05, 0.1) is 17.6 Å². The van der Waals surface area contributed by atoms with Gasteiger partial charge in [0.1, 0.15) is 0 Å². The minimum Gasteiger partial charge on any atom is -0.233 e. The average Bonchev–Trinajstić information content (AvgIpc) is 3.34. The molecule has 1 saturated carbocycles. The molecule has 0 spiro atoms. The number of aryl methyl sites for hydroxylation is 2. The van der Waals surface area contributed by atoms with Crippen molar-refractivity contribution in [2.24, 2.45) is 11.3 Å². The summed E-state index contributed by atoms with van der Waals surface area (Å²) in [6.07, 6.45) is 12.2. The topological polar surface area (TPSA) is 17.8 Å².